The second-order valence-corrected chi connectivity index (χ2v) is 4.39. The first kappa shape index (κ1) is 11.9. The molecule has 0 saturated carbocycles. The molecule has 1 unspecified atom stereocenters. The molecule has 0 aliphatic rings. The van der Waals surface area contributed by atoms with Gasteiger partial charge in [-0.1, -0.05) is 6.92 Å². The molecule has 1 N–H and O–H groups in total. The van der Waals surface area contributed by atoms with E-state index < -0.39 is 0 Å². The Hall–Kier alpha value is -1.21. The number of hydrogen-bond acceptors (Lipinski definition) is 4. The van der Waals surface area contributed by atoms with Crippen LogP contribution in [-0.4, -0.2) is 23.5 Å². The fourth-order valence-corrected chi connectivity index (χ4v) is 1.91. The van der Waals surface area contributed by atoms with Gasteiger partial charge in [-0.15, -0.1) is 0 Å². The molecular formula is C11H15N3S. The smallest absolute Gasteiger partial charge is 0.127 e. The molecule has 0 aliphatic carbocycles. The van der Waals surface area contributed by atoms with E-state index in [-0.39, 0.29) is 0 Å². The average Bonchev–Trinajstić information content (AvgIpc) is 2.27. The van der Waals surface area contributed by atoms with Crippen molar-refractivity contribution in [2.75, 3.05) is 23.9 Å². The summed E-state index contributed by atoms with van der Waals surface area (Å²) in [6.45, 7) is 3.08. The van der Waals surface area contributed by atoms with Crippen molar-refractivity contribution in [1.82, 2.24) is 4.98 Å². The lowest BCUT2D eigenvalue weighted by Crippen LogP contribution is -2.13. The highest BCUT2D eigenvalue weighted by Gasteiger charge is 2.01. The third-order valence-electron chi connectivity index (χ3n) is 1.97. The van der Waals surface area contributed by atoms with Crippen molar-refractivity contribution in [1.29, 1.82) is 5.26 Å². The van der Waals surface area contributed by atoms with Crippen LogP contribution in [0.1, 0.15) is 12.5 Å². The van der Waals surface area contributed by atoms with Gasteiger partial charge in [0.25, 0.3) is 0 Å². The predicted molar refractivity (Wildman–Crippen MR) is 65.0 cm³/mol. The molecular weight excluding hydrogens is 206 g/mol. The van der Waals surface area contributed by atoms with Gasteiger partial charge in [0.1, 0.15) is 5.82 Å². The molecule has 80 valence electrons. The summed E-state index contributed by atoms with van der Waals surface area (Å²) in [5.74, 6) is 2.51. The summed E-state index contributed by atoms with van der Waals surface area (Å²) < 4.78 is 0. The molecule has 1 atom stereocenters. The Labute approximate surface area is 94.9 Å². The molecule has 0 amide bonds. The molecule has 0 aromatic carbocycles. The van der Waals surface area contributed by atoms with E-state index in [0.29, 0.717) is 11.5 Å². The van der Waals surface area contributed by atoms with Crippen LogP contribution in [0.4, 0.5) is 5.82 Å². The summed E-state index contributed by atoms with van der Waals surface area (Å²) in [7, 11) is 0. The van der Waals surface area contributed by atoms with Crippen molar-refractivity contribution >= 4 is 17.6 Å². The lowest BCUT2D eigenvalue weighted by atomic mass is 10.2. The van der Waals surface area contributed by atoms with Crippen molar-refractivity contribution in [2.24, 2.45) is 5.92 Å². The van der Waals surface area contributed by atoms with Crippen LogP contribution in [0.5, 0.6) is 0 Å². The molecule has 0 spiro atoms. The normalized spacial score (nSPS) is 11.8. The minimum Gasteiger partial charge on any atom is -0.370 e. The fourth-order valence-electron chi connectivity index (χ4n) is 1.22. The molecule has 0 fully saturated rings. The number of thioether (sulfide) groups is 1. The van der Waals surface area contributed by atoms with E-state index in [2.05, 4.69) is 29.5 Å². The topological polar surface area (TPSA) is 48.7 Å². The summed E-state index contributed by atoms with van der Waals surface area (Å²) in [6, 6.07) is 5.57. The number of rotatable bonds is 5. The largest absolute Gasteiger partial charge is 0.370 e. The molecule has 0 saturated heterocycles. The molecule has 0 aliphatic heterocycles. The van der Waals surface area contributed by atoms with Gasteiger partial charge >= 0.3 is 0 Å². The van der Waals surface area contributed by atoms with Gasteiger partial charge in [0.15, 0.2) is 0 Å². The fraction of sp³-hybridized carbons (Fsp3) is 0.455. The highest BCUT2D eigenvalue weighted by molar-refractivity contribution is 7.98. The van der Waals surface area contributed by atoms with Crippen LogP contribution in [0.2, 0.25) is 0 Å². The van der Waals surface area contributed by atoms with Crippen LogP contribution in [-0.2, 0) is 0 Å². The molecule has 1 heterocycles. The van der Waals surface area contributed by atoms with Gasteiger partial charge in [0.05, 0.1) is 11.6 Å². The Morgan fingerprint density at radius 3 is 3.13 bits per heavy atom. The lowest BCUT2D eigenvalue weighted by molar-refractivity contribution is 0.699. The van der Waals surface area contributed by atoms with E-state index in [4.69, 9.17) is 5.26 Å². The molecule has 1 aromatic heterocycles. The quantitative estimate of drug-likeness (QED) is 0.829. The van der Waals surface area contributed by atoms with E-state index in [1.165, 1.54) is 0 Å². The Kier molecular flexibility index (Phi) is 4.99. The number of nitrogens with one attached hydrogen (secondary N) is 1. The van der Waals surface area contributed by atoms with Crippen LogP contribution in [0, 0.1) is 17.2 Å². The van der Waals surface area contributed by atoms with Crippen molar-refractivity contribution in [3.8, 4) is 6.07 Å². The Bertz CT molecular complexity index is 346. The maximum Gasteiger partial charge on any atom is 0.127 e. The van der Waals surface area contributed by atoms with Crippen LogP contribution in [0.15, 0.2) is 18.3 Å². The van der Waals surface area contributed by atoms with E-state index in [1.807, 2.05) is 11.8 Å². The summed E-state index contributed by atoms with van der Waals surface area (Å²) in [5, 5.41) is 11.9. The second kappa shape index (κ2) is 6.31. The zero-order valence-electron chi connectivity index (χ0n) is 9.03. The summed E-state index contributed by atoms with van der Waals surface area (Å²) >= 11 is 1.84. The predicted octanol–water partition coefficient (Wildman–Crippen LogP) is 2.36. The van der Waals surface area contributed by atoms with Crippen LogP contribution < -0.4 is 5.32 Å². The van der Waals surface area contributed by atoms with E-state index >= 15 is 0 Å². The first-order valence-corrected chi connectivity index (χ1v) is 6.24. The highest BCUT2D eigenvalue weighted by atomic mass is 32.2. The van der Waals surface area contributed by atoms with Gasteiger partial charge in [0.2, 0.25) is 0 Å². The zero-order chi connectivity index (χ0) is 11.1. The summed E-state index contributed by atoms with van der Waals surface area (Å²) in [5.41, 5.74) is 0.644. The van der Waals surface area contributed by atoms with Crippen LogP contribution in [0.3, 0.4) is 0 Å². The van der Waals surface area contributed by atoms with Crippen LogP contribution >= 0.6 is 11.8 Å². The van der Waals surface area contributed by atoms with Gasteiger partial charge in [-0.05, 0) is 30.1 Å². The standard InChI is InChI=1S/C11H15N3S/c1-9(8-15-2)7-14-11-5-10(6-12)3-4-13-11/h3-5,9H,7-8H2,1-2H3,(H,13,14). The number of pyridine rings is 1. The first-order chi connectivity index (χ1) is 7.26. The van der Waals surface area contributed by atoms with E-state index in [0.717, 1.165) is 18.1 Å². The SMILES string of the molecule is CSCC(C)CNc1cc(C#N)ccn1. The molecule has 1 rings (SSSR count). The monoisotopic (exact) mass is 221 g/mol. The molecule has 15 heavy (non-hydrogen) atoms. The van der Waals surface area contributed by atoms with Gasteiger partial charge < -0.3 is 5.32 Å². The van der Waals surface area contributed by atoms with E-state index in [9.17, 15) is 0 Å². The molecule has 1 aromatic rings. The third kappa shape index (κ3) is 4.22. The molecule has 4 heteroatoms. The number of anilines is 1. The van der Waals surface area contributed by atoms with Gasteiger partial charge in [-0.25, -0.2) is 4.98 Å². The molecule has 0 radical (unpaired) electrons. The Balaban J connectivity index is 2.47. The van der Waals surface area contributed by atoms with Crippen molar-refractivity contribution < 1.29 is 0 Å². The van der Waals surface area contributed by atoms with Gasteiger partial charge in [0, 0.05) is 12.7 Å². The number of aromatic nitrogens is 1. The minimum absolute atomic E-state index is 0.604. The Morgan fingerprint density at radius 2 is 2.47 bits per heavy atom. The molecule has 0 bridgehead atoms. The van der Waals surface area contributed by atoms with Crippen molar-refractivity contribution in [3.05, 3.63) is 23.9 Å². The lowest BCUT2D eigenvalue weighted by Gasteiger charge is -2.11. The maximum atomic E-state index is 8.71. The Morgan fingerprint density at radius 1 is 1.67 bits per heavy atom. The zero-order valence-corrected chi connectivity index (χ0v) is 9.84. The average molecular weight is 221 g/mol. The maximum absolute atomic E-state index is 8.71. The van der Waals surface area contributed by atoms with E-state index in [1.54, 1.807) is 18.3 Å². The van der Waals surface area contributed by atoms with Crippen molar-refractivity contribution in [3.63, 3.8) is 0 Å². The number of nitriles is 1. The summed E-state index contributed by atoms with van der Waals surface area (Å²) in [6.07, 6.45) is 3.76. The van der Waals surface area contributed by atoms with Crippen LogP contribution in [0.25, 0.3) is 0 Å². The highest BCUT2D eigenvalue weighted by Crippen LogP contribution is 2.08. The first-order valence-electron chi connectivity index (χ1n) is 4.85. The molecule has 3 nitrogen and oxygen atoms in total. The number of nitrogens with zero attached hydrogens (tertiary/aromatic N) is 2. The second-order valence-electron chi connectivity index (χ2n) is 3.48. The van der Waals surface area contributed by atoms with Crippen molar-refractivity contribution in [2.45, 2.75) is 6.92 Å². The minimum atomic E-state index is 0.604. The van der Waals surface area contributed by atoms with Gasteiger partial charge in [-0.2, -0.15) is 17.0 Å². The summed E-state index contributed by atoms with van der Waals surface area (Å²) in [4.78, 5) is 4.15. The van der Waals surface area contributed by atoms with Gasteiger partial charge in [-0.3, -0.25) is 0 Å². The third-order valence-corrected chi connectivity index (χ3v) is 2.87. The number of hydrogen-bond donors (Lipinski definition) is 1.